The summed E-state index contributed by atoms with van der Waals surface area (Å²) in [4.78, 5) is 0. The van der Waals surface area contributed by atoms with Gasteiger partial charge in [0, 0.05) is 32.5 Å². The molecule has 3 nitrogen and oxygen atoms in total. The van der Waals surface area contributed by atoms with E-state index >= 15 is 0 Å². The molecule has 0 aromatic rings. The van der Waals surface area contributed by atoms with E-state index in [1.54, 1.807) is 19.8 Å². The van der Waals surface area contributed by atoms with Crippen LogP contribution in [0, 0.1) is 28.6 Å². The highest BCUT2D eigenvalue weighted by Crippen LogP contribution is 2.70. The molecule has 1 heterocycles. The smallest absolute Gasteiger partial charge is 0.171 e. The molecule has 4 aliphatic carbocycles. The Hall–Kier alpha value is -0.380. The lowest BCUT2D eigenvalue weighted by molar-refractivity contribution is -0.227. The number of ether oxygens (including phenoxy) is 3. The summed E-state index contributed by atoms with van der Waals surface area (Å²) in [7, 11) is 3.61. The summed E-state index contributed by atoms with van der Waals surface area (Å²) < 4.78 is 17.6. The maximum Gasteiger partial charge on any atom is 0.171 e. The minimum absolute atomic E-state index is 0.265. The quantitative estimate of drug-likeness (QED) is 0.412. The van der Waals surface area contributed by atoms with Crippen LogP contribution >= 0.6 is 0 Å². The highest BCUT2D eigenvalue weighted by atomic mass is 16.7. The molecule has 0 aromatic heterocycles. The van der Waals surface area contributed by atoms with Crippen LogP contribution in [0.1, 0.15) is 65.2 Å². The normalized spacial score (nSPS) is 53.0. The second-order valence-electron chi connectivity index (χ2n) is 10.0. The van der Waals surface area contributed by atoms with Gasteiger partial charge in [-0.05, 0) is 61.7 Å². The van der Waals surface area contributed by atoms with Gasteiger partial charge in [-0.2, -0.15) is 0 Å². The van der Waals surface area contributed by atoms with E-state index in [1.165, 1.54) is 38.5 Å². The Morgan fingerprint density at radius 2 is 1.72 bits per heavy atom. The van der Waals surface area contributed by atoms with Crippen molar-refractivity contribution in [1.29, 1.82) is 0 Å². The first kappa shape index (κ1) is 16.8. The van der Waals surface area contributed by atoms with E-state index < -0.39 is 0 Å². The van der Waals surface area contributed by atoms with Gasteiger partial charge in [-0.25, -0.2) is 0 Å². The van der Waals surface area contributed by atoms with Crippen LogP contribution < -0.4 is 0 Å². The minimum atomic E-state index is -0.388. The SMILES string of the molecule is COC1(OC)CC[C@@]2(C)C(=CC[C@@H]3[C@H]4CC[C@@]5(CO5)[C@]4(C)CC[C@@H]32)C1. The lowest BCUT2D eigenvalue weighted by Gasteiger charge is -2.59. The molecule has 0 N–H and O–H groups in total. The summed E-state index contributed by atoms with van der Waals surface area (Å²) in [5.74, 6) is 2.17. The third kappa shape index (κ3) is 1.98. The second-order valence-corrected chi connectivity index (χ2v) is 10.0. The number of rotatable bonds is 2. The molecular formula is C22H34O3. The lowest BCUT2D eigenvalue weighted by Crippen LogP contribution is -2.53. The van der Waals surface area contributed by atoms with Gasteiger partial charge in [-0.1, -0.05) is 25.5 Å². The molecule has 1 aliphatic heterocycles. The molecule has 6 atom stereocenters. The van der Waals surface area contributed by atoms with Gasteiger partial charge in [0.25, 0.3) is 0 Å². The molecule has 25 heavy (non-hydrogen) atoms. The Kier molecular flexibility index (Phi) is 3.43. The molecule has 4 fully saturated rings. The number of allylic oxidation sites excluding steroid dienone is 1. The van der Waals surface area contributed by atoms with E-state index in [1.807, 2.05) is 0 Å². The molecule has 0 aromatic carbocycles. The van der Waals surface area contributed by atoms with E-state index in [0.29, 0.717) is 10.8 Å². The van der Waals surface area contributed by atoms with Crippen LogP contribution in [0.25, 0.3) is 0 Å². The fraction of sp³-hybridized carbons (Fsp3) is 0.909. The van der Waals surface area contributed by atoms with Crippen molar-refractivity contribution >= 4 is 0 Å². The van der Waals surface area contributed by atoms with Gasteiger partial charge in [0.2, 0.25) is 0 Å². The van der Waals surface area contributed by atoms with Gasteiger partial charge in [0.1, 0.15) is 0 Å². The standard InChI is InChI=1S/C22H34O3/c1-19-11-12-22(23-3,24-4)13-15(19)5-6-16-17(19)7-9-20(2)18(16)8-10-21(20)14-25-21/h5,16-18H,6-14H2,1-4H3/t16-,17-,18+,19-,20+,21+/m0/s1. The van der Waals surface area contributed by atoms with E-state index in [-0.39, 0.29) is 11.4 Å². The minimum Gasteiger partial charge on any atom is -0.369 e. The van der Waals surface area contributed by atoms with E-state index in [9.17, 15) is 0 Å². The van der Waals surface area contributed by atoms with Gasteiger partial charge in [-0.3, -0.25) is 0 Å². The van der Waals surface area contributed by atoms with Crippen molar-refractivity contribution in [2.45, 2.75) is 76.6 Å². The summed E-state index contributed by atoms with van der Waals surface area (Å²) in [6.45, 7) is 6.13. The zero-order valence-electron chi connectivity index (χ0n) is 16.4. The molecule has 140 valence electrons. The zero-order chi connectivity index (χ0) is 17.5. The van der Waals surface area contributed by atoms with Gasteiger partial charge in [0.05, 0.1) is 12.2 Å². The van der Waals surface area contributed by atoms with E-state index in [2.05, 4.69) is 19.9 Å². The van der Waals surface area contributed by atoms with Crippen molar-refractivity contribution in [3.63, 3.8) is 0 Å². The maximum atomic E-state index is 6.05. The molecule has 0 amide bonds. The number of methoxy groups -OCH3 is 2. The lowest BCUT2D eigenvalue weighted by atomic mass is 9.47. The van der Waals surface area contributed by atoms with Gasteiger partial charge < -0.3 is 14.2 Å². The molecule has 5 rings (SSSR count). The molecule has 1 saturated heterocycles. The summed E-state index contributed by atoms with van der Waals surface area (Å²) >= 11 is 0. The Morgan fingerprint density at radius 1 is 1.00 bits per heavy atom. The summed E-state index contributed by atoms with van der Waals surface area (Å²) in [5.41, 5.74) is 2.67. The second kappa shape index (κ2) is 5.11. The van der Waals surface area contributed by atoms with E-state index in [4.69, 9.17) is 14.2 Å². The van der Waals surface area contributed by atoms with Crippen molar-refractivity contribution in [3.8, 4) is 0 Å². The summed E-state index contributed by atoms with van der Waals surface area (Å²) in [6, 6.07) is 0. The Balaban J connectivity index is 1.47. The Bertz CT molecular complexity index is 602. The third-order valence-corrected chi connectivity index (χ3v) is 9.64. The highest BCUT2D eigenvalue weighted by Gasteiger charge is 2.69. The number of hydrogen-bond acceptors (Lipinski definition) is 3. The third-order valence-electron chi connectivity index (χ3n) is 9.64. The highest BCUT2D eigenvalue weighted by molar-refractivity contribution is 5.28. The molecular weight excluding hydrogens is 312 g/mol. The largest absolute Gasteiger partial charge is 0.369 e. The average Bonchev–Trinajstić information content (AvgIpc) is 3.35. The van der Waals surface area contributed by atoms with Crippen LogP contribution in [0.3, 0.4) is 0 Å². The fourth-order valence-corrected chi connectivity index (χ4v) is 7.69. The van der Waals surface area contributed by atoms with Crippen LogP contribution in [0.2, 0.25) is 0 Å². The molecule has 0 radical (unpaired) electrons. The van der Waals surface area contributed by atoms with Crippen LogP contribution in [0.4, 0.5) is 0 Å². The average molecular weight is 347 g/mol. The van der Waals surface area contributed by atoms with Gasteiger partial charge in [0.15, 0.2) is 5.79 Å². The predicted molar refractivity (Wildman–Crippen MR) is 97.1 cm³/mol. The van der Waals surface area contributed by atoms with Crippen LogP contribution in [-0.4, -0.2) is 32.2 Å². The van der Waals surface area contributed by atoms with Crippen molar-refractivity contribution in [2.24, 2.45) is 28.6 Å². The van der Waals surface area contributed by atoms with E-state index in [0.717, 1.165) is 37.2 Å². The zero-order valence-corrected chi connectivity index (χ0v) is 16.4. The van der Waals surface area contributed by atoms with Crippen LogP contribution in [0.15, 0.2) is 11.6 Å². The topological polar surface area (TPSA) is 31.0 Å². The molecule has 5 aliphatic rings. The van der Waals surface area contributed by atoms with Crippen molar-refractivity contribution in [3.05, 3.63) is 11.6 Å². The van der Waals surface area contributed by atoms with Crippen LogP contribution in [-0.2, 0) is 14.2 Å². The number of epoxide rings is 1. The Labute approximate surface area is 152 Å². The molecule has 3 heteroatoms. The van der Waals surface area contributed by atoms with Gasteiger partial charge >= 0.3 is 0 Å². The number of hydrogen-bond donors (Lipinski definition) is 0. The maximum absolute atomic E-state index is 6.05. The Morgan fingerprint density at radius 3 is 2.40 bits per heavy atom. The monoisotopic (exact) mass is 346 g/mol. The van der Waals surface area contributed by atoms with Crippen molar-refractivity contribution in [2.75, 3.05) is 20.8 Å². The summed E-state index contributed by atoms with van der Waals surface area (Å²) in [5, 5.41) is 0. The van der Waals surface area contributed by atoms with Crippen molar-refractivity contribution < 1.29 is 14.2 Å². The van der Waals surface area contributed by atoms with Gasteiger partial charge in [-0.15, -0.1) is 0 Å². The van der Waals surface area contributed by atoms with Crippen molar-refractivity contribution in [1.82, 2.24) is 0 Å². The molecule has 0 bridgehead atoms. The first-order valence-electron chi connectivity index (χ1n) is 10.4. The summed E-state index contributed by atoms with van der Waals surface area (Å²) in [6.07, 6.45) is 12.4. The molecule has 0 unspecified atom stereocenters. The van der Waals surface area contributed by atoms with Crippen LogP contribution in [0.5, 0.6) is 0 Å². The predicted octanol–water partition coefficient (Wildman–Crippen LogP) is 4.71. The fourth-order valence-electron chi connectivity index (χ4n) is 7.69. The molecule has 1 spiro atoms. The molecule has 3 saturated carbocycles. The first-order valence-corrected chi connectivity index (χ1v) is 10.4. The first-order chi connectivity index (χ1) is 11.9. The number of fused-ring (bicyclic) bond motifs is 6.